The molecule has 0 spiro atoms. The van der Waals surface area contributed by atoms with E-state index in [2.05, 4.69) is 55.8 Å². The maximum atomic E-state index is 9.31. The van der Waals surface area contributed by atoms with Crippen molar-refractivity contribution in [3.63, 3.8) is 0 Å². The lowest BCUT2D eigenvalue weighted by Crippen LogP contribution is -2.56. The van der Waals surface area contributed by atoms with Gasteiger partial charge in [-0.15, -0.1) is 0 Å². The van der Waals surface area contributed by atoms with Crippen LogP contribution in [0.4, 0.5) is 5.69 Å². The number of hydrogen-bond donors (Lipinski definition) is 1. The maximum Gasteiger partial charge on any atom is 0.0451 e. The van der Waals surface area contributed by atoms with Crippen LogP contribution in [0.15, 0.2) is 18.2 Å². The van der Waals surface area contributed by atoms with Gasteiger partial charge in [0.2, 0.25) is 0 Å². The summed E-state index contributed by atoms with van der Waals surface area (Å²) in [5, 5.41) is 9.31. The molecular formula is C16H26N2O. The van der Waals surface area contributed by atoms with Crippen molar-refractivity contribution in [2.24, 2.45) is 0 Å². The summed E-state index contributed by atoms with van der Waals surface area (Å²) in [4.78, 5) is 4.88. The first kappa shape index (κ1) is 14.4. The third-order valence-corrected chi connectivity index (χ3v) is 4.29. The highest BCUT2D eigenvalue weighted by Gasteiger charge is 2.29. The van der Waals surface area contributed by atoms with E-state index in [4.69, 9.17) is 0 Å². The van der Waals surface area contributed by atoms with Crippen molar-refractivity contribution in [1.29, 1.82) is 0 Å². The van der Waals surface area contributed by atoms with E-state index in [-0.39, 0.29) is 6.61 Å². The molecule has 0 aromatic heterocycles. The van der Waals surface area contributed by atoms with Crippen molar-refractivity contribution >= 4 is 5.69 Å². The Morgan fingerprint density at radius 3 is 2.68 bits per heavy atom. The van der Waals surface area contributed by atoms with Gasteiger partial charge in [-0.3, -0.25) is 4.90 Å². The summed E-state index contributed by atoms with van der Waals surface area (Å²) < 4.78 is 0. The number of anilines is 1. The summed E-state index contributed by atoms with van der Waals surface area (Å²) in [6.07, 6.45) is 0.838. The van der Waals surface area contributed by atoms with Gasteiger partial charge in [0.05, 0.1) is 0 Å². The average molecular weight is 262 g/mol. The Balaban J connectivity index is 2.30. The Morgan fingerprint density at radius 1 is 1.26 bits per heavy atom. The quantitative estimate of drug-likeness (QED) is 0.904. The fraction of sp³-hybridized carbons (Fsp3) is 0.625. The predicted molar refractivity (Wildman–Crippen MR) is 80.8 cm³/mol. The van der Waals surface area contributed by atoms with Crippen LogP contribution in [-0.2, 0) is 0 Å². The zero-order valence-corrected chi connectivity index (χ0v) is 12.6. The highest BCUT2D eigenvalue weighted by Crippen LogP contribution is 2.28. The molecule has 3 heteroatoms. The minimum atomic E-state index is 0.258. The van der Waals surface area contributed by atoms with E-state index in [1.807, 2.05) is 0 Å². The van der Waals surface area contributed by atoms with Gasteiger partial charge in [-0.25, -0.2) is 0 Å². The van der Waals surface area contributed by atoms with Crippen molar-refractivity contribution in [1.82, 2.24) is 4.90 Å². The van der Waals surface area contributed by atoms with Crippen LogP contribution >= 0.6 is 0 Å². The Kier molecular flexibility index (Phi) is 4.48. The summed E-state index contributed by atoms with van der Waals surface area (Å²) in [6.45, 7) is 8.90. The van der Waals surface area contributed by atoms with Crippen molar-refractivity contribution in [3.8, 4) is 0 Å². The van der Waals surface area contributed by atoms with Crippen LogP contribution in [0, 0.1) is 13.8 Å². The first-order chi connectivity index (χ1) is 9.02. The molecule has 0 aliphatic carbocycles. The predicted octanol–water partition coefficient (Wildman–Crippen LogP) is 2.19. The number of rotatable bonds is 3. The van der Waals surface area contributed by atoms with Crippen LogP contribution in [0.1, 0.15) is 24.5 Å². The second-order valence-corrected chi connectivity index (χ2v) is 5.90. The lowest BCUT2D eigenvalue weighted by molar-refractivity contribution is 0.177. The van der Waals surface area contributed by atoms with Crippen molar-refractivity contribution in [2.75, 3.05) is 31.6 Å². The van der Waals surface area contributed by atoms with Gasteiger partial charge >= 0.3 is 0 Å². The largest absolute Gasteiger partial charge is 0.396 e. The third kappa shape index (κ3) is 3.10. The molecule has 1 heterocycles. The van der Waals surface area contributed by atoms with Crippen molar-refractivity contribution in [3.05, 3.63) is 29.3 Å². The van der Waals surface area contributed by atoms with E-state index >= 15 is 0 Å². The summed E-state index contributed by atoms with van der Waals surface area (Å²) >= 11 is 0. The first-order valence-corrected chi connectivity index (χ1v) is 7.18. The number of likely N-dealkylation sites (N-methyl/N-ethyl adjacent to an activating group) is 1. The SMILES string of the molecule is Cc1ccc(C)c(N2CC(C)N(C)CC2CCO)c1. The molecule has 2 rings (SSSR count). The number of nitrogens with zero attached hydrogens (tertiary/aromatic N) is 2. The fourth-order valence-corrected chi connectivity index (χ4v) is 2.90. The van der Waals surface area contributed by atoms with Gasteiger partial charge in [-0.2, -0.15) is 0 Å². The number of aliphatic hydroxyl groups excluding tert-OH is 1. The highest BCUT2D eigenvalue weighted by molar-refractivity contribution is 5.56. The van der Waals surface area contributed by atoms with Crippen LogP contribution in [-0.4, -0.2) is 48.8 Å². The molecule has 106 valence electrons. The van der Waals surface area contributed by atoms with Crippen LogP contribution in [0.2, 0.25) is 0 Å². The molecule has 0 bridgehead atoms. The third-order valence-electron chi connectivity index (χ3n) is 4.29. The molecule has 19 heavy (non-hydrogen) atoms. The molecule has 1 fully saturated rings. The molecule has 1 aromatic rings. The van der Waals surface area contributed by atoms with E-state index < -0.39 is 0 Å². The molecule has 1 aliphatic heterocycles. The zero-order valence-electron chi connectivity index (χ0n) is 12.6. The number of aliphatic hydroxyl groups is 1. The normalized spacial score (nSPS) is 24.8. The summed E-state index contributed by atoms with van der Waals surface area (Å²) in [6, 6.07) is 7.60. The monoisotopic (exact) mass is 262 g/mol. The summed E-state index contributed by atoms with van der Waals surface area (Å²) in [5.74, 6) is 0. The van der Waals surface area contributed by atoms with Crippen LogP contribution in [0.5, 0.6) is 0 Å². The van der Waals surface area contributed by atoms with Crippen LogP contribution in [0.25, 0.3) is 0 Å². The van der Waals surface area contributed by atoms with E-state index in [1.54, 1.807) is 0 Å². The first-order valence-electron chi connectivity index (χ1n) is 7.18. The van der Waals surface area contributed by atoms with Gasteiger partial charge in [-0.05, 0) is 51.4 Å². The van der Waals surface area contributed by atoms with E-state index in [9.17, 15) is 5.11 Å². The molecule has 1 aromatic carbocycles. The van der Waals surface area contributed by atoms with Crippen molar-refractivity contribution < 1.29 is 5.11 Å². The number of benzene rings is 1. The second-order valence-electron chi connectivity index (χ2n) is 5.90. The Bertz CT molecular complexity index is 433. The van der Waals surface area contributed by atoms with Crippen molar-refractivity contribution in [2.45, 2.75) is 39.3 Å². The zero-order chi connectivity index (χ0) is 14.0. The van der Waals surface area contributed by atoms with E-state index in [1.165, 1.54) is 16.8 Å². The molecule has 1 N–H and O–H groups in total. The highest BCUT2D eigenvalue weighted by atomic mass is 16.3. The van der Waals surface area contributed by atoms with Gasteiger partial charge in [0.1, 0.15) is 0 Å². The van der Waals surface area contributed by atoms with Gasteiger partial charge in [0, 0.05) is 37.5 Å². The lowest BCUT2D eigenvalue weighted by Gasteiger charge is -2.45. The second kappa shape index (κ2) is 5.93. The maximum absolute atomic E-state index is 9.31. The summed E-state index contributed by atoms with van der Waals surface area (Å²) in [5.41, 5.74) is 3.96. The minimum Gasteiger partial charge on any atom is -0.396 e. The number of aryl methyl sites for hydroxylation is 2. The topological polar surface area (TPSA) is 26.7 Å². The number of piperazine rings is 1. The van der Waals surface area contributed by atoms with Gasteiger partial charge in [-0.1, -0.05) is 12.1 Å². The molecule has 0 saturated carbocycles. The van der Waals surface area contributed by atoms with Gasteiger partial charge < -0.3 is 10.0 Å². The lowest BCUT2D eigenvalue weighted by atomic mass is 10.0. The standard InChI is InChI=1S/C16H26N2O/c1-12-5-6-13(2)16(9-12)18-10-14(3)17(4)11-15(18)7-8-19/h5-6,9,14-15,19H,7-8,10-11H2,1-4H3. The van der Waals surface area contributed by atoms with Gasteiger partial charge in [0.25, 0.3) is 0 Å². The molecule has 3 nitrogen and oxygen atoms in total. The van der Waals surface area contributed by atoms with Crippen LogP contribution < -0.4 is 4.90 Å². The minimum absolute atomic E-state index is 0.258. The molecule has 1 aliphatic rings. The molecule has 0 amide bonds. The smallest absolute Gasteiger partial charge is 0.0451 e. The van der Waals surface area contributed by atoms with Gasteiger partial charge in [0.15, 0.2) is 0 Å². The van der Waals surface area contributed by atoms with E-state index in [0.717, 1.165) is 19.5 Å². The molecule has 0 radical (unpaired) electrons. The average Bonchev–Trinajstić information content (AvgIpc) is 2.37. The Morgan fingerprint density at radius 2 is 2.00 bits per heavy atom. The Labute approximate surface area is 116 Å². The molecule has 1 saturated heterocycles. The number of hydrogen-bond acceptors (Lipinski definition) is 3. The van der Waals surface area contributed by atoms with E-state index in [0.29, 0.717) is 12.1 Å². The molecular weight excluding hydrogens is 236 g/mol. The Hall–Kier alpha value is -1.06. The summed E-state index contributed by atoms with van der Waals surface area (Å²) in [7, 11) is 2.18. The molecule has 2 atom stereocenters. The van der Waals surface area contributed by atoms with Crippen LogP contribution in [0.3, 0.4) is 0 Å². The molecule has 2 unspecified atom stereocenters. The fourth-order valence-electron chi connectivity index (χ4n) is 2.90.